The summed E-state index contributed by atoms with van der Waals surface area (Å²) in [5.74, 6) is 0. The Morgan fingerprint density at radius 1 is 0.542 bits per heavy atom. The number of aryl methyl sites for hydroxylation is 1. The maximum Gasteiger partial charge on any atom is 0.0547 e. The van der Waals surface area contributed by atoms with Gasteiger partial charge in [0.25, 0.3) is 0 Å². The van der Waals surface area contributed by atoms with Crippen LogP contribution in [0, 0.1) is 0 Å². The van der Waals surface area contributed by atoms with Gasteiger partial charge in [0.15, 0.2) is 0 Å². The topological polar surface area (TPSA) is 4.93 Å². The van der Waals surface area contributed by atoms with E-state index in [0.717, 1.165) is 17.7 Å². The maximum absolute atomic E-state index is 4.26. The number of benzene rings is 7. The smallest absolute Gasteiger partial charge is 0.0547 e. The zero-order valence-corrected chi connectivity index (χ0v) is 27.5. The van der Waals surface area contributed by atoms with Gasteiger partial charge in [-0.25, -0.2) is 0 Å². The van der Waals surface area contributed by atoms with E-state index in [1.54, 1.807) is 0 Å². The summed E-state index contributed by atoms with van der Waals surface area (Å²) in [4.78, 5) is 0. The monoisotopic (exact) mass is 615 g/mol. The van der Waals surface area contributed by atoms with E-state index in [2.05, 4.69) is 171 Å². The second kappa shape index (κ2) is 12.0. The molecule has 0 aliphatic rings. The van der Waals surface area contributed by atoms with Crippen molar-refractivity contribution in [2.45, 2.75) is 20.3 Å². The van der Waals surface area contributed by atoms with Crippen LogP contribution >= 0.6 is 0 Å². The summed E-state index contributed by atoms with van der Waals surface area (Å²) in [5.41, 5.74) is 13.3. The number of allylic oxidation sites excluding steroid dienone is 1. The summed E-state index contributed by atoms with van der Waals surface area (Å²) in [7, 11) is 0. The fourth-order valence-corrected chi connectivity index (χ4v) is 7.80. The van der Waals surface area contributed by atoms with E-state index in [4.69, 9.17) is 0 Å². The summed E-state index contributed by atoms with van der Waals surface area (Å²) >= 11 is 0. The molecule has 230 valence electrons. The minimum Gasteiger partial charge on any atom is -0.309 e. The number of fused-ring (bicyclic) bond motifs is 5. The van der Waals surface area contributed by atoms with Gasteiger partial charge >= 0.3 is 0 Å². The number of nitrogens with zero attached hydrogens (tertiary/aromatic N) is 1. The molecule has 48 heavy (non-hydrogen) atoms. The molecule has 0 radical (unpaired) electrons. The maximum atomic E-state index is 4.26. The standard InChI is InChI=1S/C47H37N/c1-5-16-32-26-30-43-47(37(32)8-4)46-36(7-3)31(6-2)25-29-42(46)48(43)35-27-23-34(24-28-35)45-40-21-14-12-19-38(40)44(33-17-10-9-11-18-33)39-20-13-15-22-41(39)45/h5,7-30H,3-4,6H2,1-2H3/b16-5-. The number of aromatic nitrogens is 1. The van der Waals surface area contributed by atoms with E-state index in [1.807, 2.05) is 12.2 Å². The van der Waals surface area contributed by atoms with Crippen LogP contribution in [0.15, 0.2) is 147 Å². The summed E-state index contributed by atoms with van der Waals surface area (Å²) in [6.07, 6.45) is 9.24. The number of rotatable bonds is 7. The Bertz CT molecular complexity index is 2500. The lowest BCUT2D eigenvalue weighted by Gasteiger charge is -2.18. The molecule has 1 nitrogen and oxygen atoms in total. The summed E-state index contributed by atoms with van der Waals surface area (Å²) in [6.45, 7) is 12.8. The first-order valence-electron chi connectivity index (χ1n) is 16.8. The van der Waals surface area contributed by atoms with Crippen LogP contribution in [0.2, 0.25) is 0 Å². The molecule has 0 N–H and O–H groups in total. The van der Waals surface area contributed by atoms with Gasteiger partial charge in [0, 0.05) is 16.5 Å². The van der Waals surface area contributed by atoms with Crippen LogP contribution in [0.3, 0.4) is 0 Å². The molecule has 7 aromatic carbocycles. The van der Waals surface area contributed by atoms with Crippen molar-refractivity contribution in [1.82, 2.24) is 4.57 Å². The minimum atomic E-state index is 0.946. The number of hydrogen-bond acceptors (Lipinski definition) is 0. The average molecular weight is 616 g/mol. The quantitative estimate of drug-likeness (QED) is 0.157. The van der Waals surface area contributed by atoms with Crippen molar-refractivity contribution < 1.29 is 0 Å². The van der Waals surface area contributed by atoms with Gasteiger partial charge < -0.3 is 4.57 Å². The molecule has 0 amide bonds. The van der Waals surface area contributed by atoms with Gasteiger partial charge in [-0.3, -0.25) is 0 Å². The molecule has 1 heteroatoms. The highest BCUT2D eigenvalue weighted by atomic mass is 15.0. The molecular formula is C47H37N. The number of hydrogen-bond donors (Lipinski definition) is 0. The second-order valence-corrected chi connectivity index (χ2v) is 12.3. The second-order valence-electron chi connectivity index (χ2n) is 12.3. The van der Waals surface area contributed by atoms with Crippen molar-refractivity contribution in [2.24, 2.45) is 0 Å². The molecule has 0 spiro atoms. The van der Waals surface area contributed by atoms with Gasteiger partial charge in [-0.15, -0.1) is 0 Å². The fourth-order valence-electron chi connectivity index (χ4n) is 7.80. The lowest BCUT2D eigenvalue weighted by atomic mass is 9.86. The van der Waals surface area contributed by atoms with E-state index in [9.17, 15) is 0 Å². The van der Waals surface area contributed by atoms with Crippen LogP contribution in [-0.4, -0.2) is 4.57 Å². The van der Waals surface area contributed by atoms with Crippen molar-refractivity contribution in [1.29, 1.82) is 0 Å². The summed E-state index contributed by atoms with van der Waals surface area (Å²) in [5, 5.41) is 7.50. The van der Waals surface area contributed by atoms with Crippen LogP contribution in [0.5, 0.6) is 0 Å². The third kappa shape index (κ3) is 4.47. The first-order chi connectivity index (χ1) is 23.7. The molecule has 0 fully saturated rings. The van der Waals surface area contributed by atoms with Crippen LogP contribution in [0.25, 0.3) is 89.5 Å². The van der Waals surface area contributed by atoms with Crippen LogP contribution in [0.1, 0.15) is 36.1 Å². The van der Waals surface area contributed by atoms with Gasteiger partial charge in [0.05, 0.1) is 11.0 Å². The Hall–Kier alpha value is -5.92. The molecule has 1 aromatic heterocycles. The highest BCUT2D eigenvalue weighted by molar-refractivity contribution is 6.21. The minimum absolute atomic E-state index is 0.946. The van der Waals surface area contributed by atoms with E-state index in [1.165, 1.54) is 82.3 Å². The normalized spacial score (nSPS) is 11.7. The molecule has 1 heterocycles. The molecule has 0 unspecified atom stereocenters. The Kier molecular flexibility index (Phi) is 7.39. The highest BCUT2D eigenvalue weighted by Crippen LogP contribution is 2.44. The lowest BCUT2D eigenvalue weighted by Crippen LogP contribution is -1.96. The van der Waals surface area contributed by atoms with Gasteiger partial charge in [-0.2, -0.15) is 0 Å². The van der Waals surface area contributed by atoms with E-state index < -0.39 is 0 Å². The average Bonchev–Trinajstić information content (AvgIpc) is 3.48. The van der Waals surface area contributed by atoms with Gasteiger partial charge in [0.2, 0.25) is 0 Å². The van der Waals surface area contributed by atoms with Crippen molar-refractivity contribution in [3.63, 3.8) is 0 Å². The van der Waals surface area contributed by atoms with Crippen molar-refractivity contribution in [2.75, 3.05) is 0 Å². The predicted molar refractivity (Wildman–Crippen MR) is 211 cm³/mol. The third-order valence-corrected chi connectivity index (χ3v) is 9.85. The highest BCUT2D eigenvalue weighted by Gasteiger charge is 2.20. The van der Waals surface area contributed by atoms with E-state index >= 15 is 0 Å². The molecule has 0 aliphatic heterocycles. The van der Waals surface area contributed by atoms with E-state index in [-0.39, 0.29) is 0 Å². The SMILES string of the molecule is C=Cc1c(/C=C\C)ccc2c1c1c(C=C)c(CC)ccc1n2-c1ccc(-c2c3ccccc3c(-c3ccccc3)c3ccccc23)cc1. The Morgan fingerprint density at radius 3 is 1.56 bits per heavy atom. The van der Waals surface area contributed by atoms with Crippen LogP contribution in [-0.2, 0) is 6.42 Å². The largest absolute Gasteiger partial charge is 0.309 e. The summed E-state index contributed by atoms with van der Waals surface area (Å²) < 4.78 is 2.40. The zero-order valence-electron chi connectivity index (χ0n) is 27.5. The third-order valence-electron chi connectivity index (χ3n) is 9.85. The van der Waals surface area contributed by atoms with Crippen molar-refractivity contribution in [3.8, 4) is 27.9 Å². The van der Waals surface area contributed by atoms with Crippen molar-refractivity contribution in [3.05, 3.63) is 169 Å². The van der Waals surface area contributed by atoms with Gasteiger partial charge in [0.1, 0.15) is 0 Å². The van der Waals surface area contributed by atoms with Crippen LogP contribution < -0.4 is 0 Å². The Balaban J connectivity index is 1.39. The molecule has 0 saturated carbocycles. The Morgan fingerprint density at radius 2 is 1.04 bits per heavy atom. The molecular weight excluding hydrogens is 579 g/mol. The van der Waals surface area contributed by atoms with Crippen molar-refractivity contribution >= 4 is 61.6 Å². The summed E-state index contributed by atoms with van der Waals surface area (Å²) in [6, 6.07) is 46.6. The molecule has 0 bridgehead atoms. The van der Waals surface area contributed by atoms with Crippen LogP contribution in [0.4, 0.5) is 0 Å². The molecule has 0 aliphatic carbocycles. The predicted octanol–water partition coefficient (Wildman–Crippen LogP) is 13.3. The first-order valence-corrected chi connectivity index (χ1v) is 16.8. The molecule has 0 atom stereocenters. The van der Waals surface area contributed by atoms with Gasteiger partial charge in [-0.1, -0.05) is 148 Å². The van der Waals surface area contributed by atoms with Gasteiger partial charge in [-0.05, 0) is 104 Å². The molecule has 8 aromatic rings. The first kappa shape index (κ1) is 29.5. The van der Waals surface area contributed by atoms with E-state index in [0.29, 0.717) is 0 Å². The lowest BCUT2D eigenvalue weighted by molar-refractivity contribution is 1.13. The Labute approximate surface area is 282 Å². The molecule has 8 rings (SSSR count). The zero-order chi connectivity index (χ0) is 32.8. The fraction of sp³-hybridized carbons (Fsp3) is 0.0638. The molecule has 0 saturated heterocycles.